The lowest BCUT2D eigenvalue weighted by atomic mass is 9.77. The second-order valence-electron chi connectivity index (χ2n) is 9.53. The molecule has 0 aromatic heterocycles. The molecule has 1 aliphatic heterocycles. The minimum absolute atomic E-state index is 0.00431. The largest absolute Gasteiger partial charge is 0.416 e. The van der Waals surface area contributed by atoms with Gasteiger partial charge in [-0.3, -0.25) is 9.59 Å². The van der Waals surface area contributed by atoms with Gasteiger partial charge in [0.25, 0.3) is 0 Å². The quantitative estimate of drug-likeness (QED) is 0.535. The third-order valence-electron chi connectivity index (χ3n) is 6.51. The predicted octanol–water partition coefficient (Wildman–Crippen LogP) is 5.51. The van der Waals surface area contributed by atoms with Crippen LogP contribution in [0.1, 0.15) is 29.2 Å². The van der Waals surface area contributed by atoms with Crippen molar-refractivity contribution in [2.45, 2.75) is 33.1 Å². The maximum absolute atomic E-state index is 13.6. The summed E-state index contributed by atoms with van der Waals surface area (Å²) in [5.74, 6) is -2.09. The van der Waals surface area contributed by atoms with Crippen molar-refractivity contribution < 1.29 is 35.9 Å². The van der Waals surface area contributed by atoms with Crippen molar-refractivity contribution in [2.24, 2.45) is 11.3 Å². The Kier molecular flexibility index (Phi) is 7.20. The number of benzene rings is 2. The Morgan fingerprint density at radius 3 is 1.97 bits per heavy atom. The molecule has 0 bridgehead atoms. The maximum Gasteiger partial charge on any atom is 0.416 e. The van der Waals surface area contributed by atoms with Crippen LogP contribution in [0.4, 0.5) is 37.7 Å². The minimum atomic E-state index is -5.06. The van der Waals surface area contributed by atoms with Crippen LogP contribution in [0, 0.1) is 25.2 Å². The van der Waals surface area contributed by atoms with Gasteiger partial charge < -0.3 is 15.1 Å². The third-order valence-corrected chi connectivity index (χ3v) is 6.51. The molecule has 2 atom stereocenters. The van der Waals surface area contributed by atoms with Crippen molar-refractivity contribution in [1.29, 1.82) is 0 Å². The summed E-state index contributed by atoms with van der Waals surface area (Å²) in [6.07, 6.45) is -10.1. The lowest BCUT2D eigenvalue weighted by Gasteiger charge is -2.33. The number of aryl methyl sites for hydroxylation is 2. The fourth-order valence-corrected chi connectivity index (χ4v) is 4.76. The summed E-state index contributed by atoms with van der Waals surface area (Å²) in [6.45, 7) is 5.12. The smallest absolute Gasteiger partial charge is 0.325 e. The lowest BCUT2D eigenvalue weighted by Crippen LogP contribution is -2.49. The van der Waals surface area contributed by atoms with Crippen LogP contribution >= 0.6 is 0 Å². The Balaban J connectivity index is 2.07. The Morgan fingerprint density at radius 1 is 1.03 bits per heavy atom. The Hall–Kier alpha value is -3.08. The first-order chi connectivity index (χ1) is 16.5. The van der Waals surface area contributed by atoms with Gasteiger partial charge in [0.2, 0.25) is 11.8 Å². The highest BCUT2D eigenvalue weighted by molar-refractivity contribution is 6.08. The summed E-state index contributed by atoms with van der Waals surface area (Å²) < 4.78 is 79.9. The molecule has 1 saturated heterocycles. The zero-order chi connectivity index (χ0) is 27.2. The lowest BCUT2D eigenvalue weighted by molar-refractivity contribution is -0.143. The minimum Gasteiger partial charge on any atom is -0.325 e. The zero-order valence-electron chi connectivity index (χ0n) is 20.4. The summed E-state index contributed by atoms with van der Waals surface area (Å²) in [6, 6.07) is 6.36. The molecule has 0 spiro atoms. The molecule has 36 heavy (non-hydrogen) atoms. The summed E-state index contributed by atoms with van der Waals surface area (Å²) >= 11 is 0. The monoisotopic (exact) mass is 515 g/mol. The number of rotatable bonds is 5. The molecule has 1 fully saturated rings. The van der Waals surface area contributed by atoms with Gasteiger partial charge in [-0.05, 0) is 57.3 Å². The molecule has 3 rings (SSSR count). The van der Waals surface area contributed by atoms with Gasteiger partial charge in [-0.1, -0.05) is 25.1 Å². The van der Waals surface area contributed by atoms with Crippen LogP contribution in [0.25, 0.3) is 0 Å². The van der Waals surface area contributed by atoms with Gasteiger partial charge in [-0.25, -0.2) is 0 Å². The average Bonchev–Trinajstić information content (AvgIpc) is 2.98. The van der Waals surface area contributed by atoms with Gasteiger partial charge in [-0.15, -0.1) is 0 Å². The Morgan fingerprint density at radius 2 is 1.53 bits per heavy atom. The van der Waals surface area contributed by atoms with E-state index < -0.39 is 46.4 Å². The van der Waals surface area contributed by atoms with Crippen LogP contribution in [-0.4, -0.2) is 43.9 Å². The molecule has 196 valence electrons. The van der Waals surface area contributed by atoms with E-state index in [9.17, 15) is 35.9 Å². The molecule has 0 unspecified atom stereocenters. The second kappa shape index (κ2) is 9.42. The number of carbonyl (C=O) groups excluding carboxylic acids is 2. The normalized spacial score (nSPS) is 20.8. The van der Waals surface area contributed by atoms with E-state index in [1.54, 1.807) is 25.9 Å². The molecule has 0 radical (unpaired) electrons. The Labute approximate surface area is 205 Å². The van der Waals surface area contributed by atoms with Crippen molar-refractivity contribution in [3.05, 3.63) is 58.7 Å². The number of hydrogen-bond donors (Lipinski definition) is 1. The topological polar surface area (TPSA) is 52.6 Å². The number of amides is 2. The van der Waals surface area contributed by atoms with Gasteiger partial charge in [0.15, 0.2) is 0 Å². The number of carbonyl (C=O) groups is 2. The number of nitrogens with one attached hydrogen (secondary N) is 1. The number of alkyl halides is 6. The van der Waals surface area contributed by atoms with Crippen LogP contribution in [0.2, 0.25) is 0 Å². The fourth-order valence-electron chi connectivity index (χ4n) is 4.76. The van der Waals surface area contributed by atoms with E-state index in [1.165, 1.54) is 4.90 Å². The molecule has 2 aromatic carbocycles. The number of para-hydroxylation sites is 1. The van der Waals surface area contributed by atoms with Crippen LogP contribution in [-0.2, 0) is 21.9 Å². The summed E-state index contributed by atoms with van der Waals surface area (Å²) in [4.78, 5) is 30.1. The van der Waals surface area contributed by atoms with Crippen molar-refractivity contribution in [2.75, 3.05) is 37.4 Å². The van der Waals surface area contributed by atoms with Gasteiger partial charge >= 0.3 is 12.4 Å². The molecule has 11 heteroatoms. The fraction of sp³-hybridized carbons (Fsp3) is 0.440. The van der Waals surface area contributed by atoms with Crippen LogP contribution in [0.3, 0.4) is 0 Å². The number of nitrogens with zero attached hydrogens (tertiary/aromatic N) is 2. The van der Waals surface area contributed by atoms with Crippen molar-refractivity contribution in [3.8, 4) is 0 Å². The van der Waals surface area contributed by atoms with Crippen LogP contribution in [0.15, 0.2) is 36.4 Å². The molecule has 5 nitrogen and oxygen atoms in total. The van der Waals surface area contributed by atoms with Crippen molar-refractivity contribution in [3.63, 3.8) is 0 Å². The SMILES string of the molecule is Cc1cccc(C)c1N1C[C@@](CN(C)C)(C(=O)Nc2cc(C(F)(F)F)cc(C(F)(F)F)c2)[C@H](C)C1=O. The van der Waals surface area contributed by atoms with E-state index in [0.717, 1.165) is 11.1 Å². The van der Waals surface area contributed by atoms with E-state index >= 15 is 0 Å². The van der Waals surface area contributed by atoms with Crippen LogP contribution in [0.5, 0.6) is 0 Å². The molecule has 1 heterocycles. The highest BCUT2D eigenvalue weighted by Crippen LogP contribution is 2.43. The maximum atomic E-state index is 13.6. The molecule has 1 N–H and O–H groups in total. The third kappa shape index (κ3) is 5.21. The van der Waals surface area contributed by atoms with E-state index in [0.29, 0.717) is 17.8 Å². The van der Waals surface area contributed by atoms with E-state index in [1.807, 2.05) is 32.0 Å². The summed E-state index contributed by atoms with van der Waals surface area (Å²) in [5, 5.41) is 2.26. The molecular weight excluding hydrogens is 488 g/mol. The average molecular weight is 515 g/mol. The van der Waals surface area contributed by atoms with Gasteiger partial charge in [0, 0.05) is 24.5 Å². The first-order valence-electron chi connectivity index (χ1n) is 11.1. The van der Waals surface area contributed by atoms with Gasteiger partial charge in [0.1, 0.15) is 0 Å². The van der Waals surface area contributed by atoms with Gasteiger partial charge in [-0.2, -0.15) is 26.3 Å². The van der Waals surface area contributed by atoms with E-state index in [4.69, 9.17) is 0 Å². The molecule has 0 saturated carbocycles. The zero-order valence-corrected chi connectivity index (χ0v) is 20.4. The predicted molar refractivity (Wildman–Crippen MR) is 123 cm³/mol. The molecule has 0 aliphatic carbocycles. The van der Waals surface area contributed by atoms with E-state index in [-0.39, 0.29) is 25.1 Å². The molecule has 1 aliphatic rings. The standard InChI is InChI=1S/C25H27F6N3O2/c1-14-7-6-8-15(2)20(14)34-13-23(12-33(4)5,16(3)21(34)35)22(36)32-19-10-17(24(26,27)28)9-18(11-19)25(29,30)31/h6-11,16H,12-13H2,1-5H3,(H,32,36)/t16-,23-/m1/s1. The van der Waals surface area contributed by atoms with Gasteiger partial charge in [0.05, 0.1) is 22.5 Å². The molecule has 2 amide bonds. The highest BCUT2D eigenvalue weighted by Gasteiger charge is 2.56. The van der Waals surface area contributed by atoms with E-state index in [2.05, 4.69) is 5.32 Å². The van der Waals surface area contributed by atoms with Crippen LogP contribution < -0.4 is 10.2 Å². The first kappa shape index (κ1) is 27.5. The van der Waals surface area contributed by atoms with Crippen molar-refractivity contribution in [1.82, 2.24) is 4.90 Å². The first-order valence-corrected chi connectivity index (χ1v) is 11.1. The summed E-state index contributed by atoms with van der Waals surface area (Å²) in [5.41, 5.74) is -2.95. The highest BCUT2D eigenvalue weighted by atomic mass is 19.4. The molecular formula is C25H27F6N3O2. The Bertz CT molecular complexity index is 1120. The number of anilines is 2. The van der Waals surface area contributed by atoms with Crippen molar-refractivity contribution >= 4 is 23.2 Å². The second-order valence-corrected chi connectivity index (χ2v) is 9.53. The number of hydrogen-bond acceptors (Lipinski definition) is 3. The number of halogens is 6. The molecule has 2 aromatic rings. The summed E-state index contributed by atoms with van der Waals surface area (Å²) in [7, 11) is 3.33.